The maximum absolute atomic E-state index is 9.42. The predicted molar refractivity (Wildman–Crippen MR) is 84.6 cm³/mol. The van der Waals surface area contributed by atoms with Gasteiger partial charge in [-0.05, 0) is 35.8 Å². The Labute approximate surface area is 118 Å². The molecule has 1 aromatic carbocycles. The van der Waals surface area contributed by atoms with Gasteiger partial charge >= 0.3 is 0 Å². The van der Waals surface area contributed by atoms with E-state index in [1.807, 2.05) is 51.9 Å². The summed E-state index contributed by atoms with van der Waals surface area (Å²) in [6, 6.07) is 5.50. The van der Waals surface area contributed by atoms with Crippen molar-refractivity contribution in [2.75, 3.05) is 14.1 Å². The van der Waals surface area contributed by atoms with Gasteiger partial charge in [0.25, 0.3) is 0 Å². The van der Waals surface area contributed by atoms with Crippen LogP contribution >= 0.6 is 0 Å². The van der Waals surface area contributed by atoms with Crippen LogP contribution < -0.4 is 0 Å². The molecule has 2 nitrogen and oxygen atoms in total. The number of nitrogens with zero attached hydrogens (tertiary/aromatic N) is 1. The second kappa shape index (κ2) is 8.41. The second-order valence-electron chi connectivity index (χ2n) is 4.56. The number of aromatic hydroxyl groups is 1. The third-order valence-electron chi connectivity index (χ3n) is 2.86. The normalized spacial score (nSPS) is 12.2. The standard InChI is InChI=1S/C15H21NO.C2H6/c1-6-13(10-16(4)5)12(3)15-8-7-14(17)9-11(15)2;1-2/h6-10,12,17H,1H2,2-5H3;1-2H3/b13-10+;. The molecule has 0 saturated carbocycles. The molecule has 0 aliphatic rings. The van der Waals surface area contributed by atoms with Gasteiger partial charge < -0.3 is 10.0 Å². The Morgan fingerprint density at radius 1 is 1.32 bits per heavy atom. The van der Waals surface area contributed by atoms with E-state index >= 15 is 0 Å². The third kappa shape index (κ3) is 5.21. The SMILES string of the molecule is C=C/C(=C\N(C)C)C(C)c1ccc(O)cc1C.CC. The Morgan fingerprint density at radius 3 is 2.32 bits per heavy atom. The van der Waals surface area contributed by atoms with E-state index in [9.17, 15) is 5.11 Å². The minimum Gasteiger partial charge on any atom is -0.508 e. The van der Waals surface area contributed by atoms with Crippen LogP contribution in [0.15, 0.2) is 42.6 Å². The van der Waals surface area contributed by atoms with E-state index in [2.05, 4.69) is 19.7 Å². The zero-order valence-electron chi connectivity index (χ0n) is 13.1. The fourth-order valence-electron chi connectivity index (χ4n) is 1.96. The topological polar surface area (TPSA) is 23.5 Å². The number of aryl methyl sites for hydroxylation is 1. The third-order valence-corrected chi connectivity index (χ3v) is 2.86. The van der Waals surface area contributed by atoms with Gasteiger partial charge in [-0.2, -0.15) is 0 Å². The van der Waals surface area contributed by atoms with Gasteiger partial charge in [-0.3, -0.25) is 0 Å². The van der Waals surface area contributed by atoms with Crippen molar-refractivity contribution in [3.63, 3.8) is 0 Å². The molecule has 0 amide bonds. The van der Waals surface area contributed by atoms with Gasteiger partial charge in [0.2, 0.25) is 0 Å². The summed E-state index contributed by atoms with van der Waals surface area (Å²) in [4.78, 5) is 2.02. The summed E-state index contributed by atoms with van der Waals surface area (Å²) in [7, 11) is 4.00. The van der Waals surface area contributed by atoms with E-state index in [4.69, 9.17) is 0 Å². The van der Waals surface area contributed by atoms with Crippen molar-refractivity contribution in [1.82, 2.24) is 4.90 Å². The largest absolute Gasteiger partial charge is 0.508 e. The van der Waals surface area contributed by atoms with E-state index < -0.39 is 0 Å². The van der Waals surface area contributed by atoms with Gasteiger partial charge in [0.05, 0.1) is 0 Å². The molecule has 1 aromatic rings. The van der Waals surface area contributed by atoms with Crippen molar-refractivity contribution >= 4 is 0 Å². The Balaban J connectivity index is 0.00000154. The smallest absolute Gasteiger partial charge is 0.115 e. The van der Waals surface area contributed by atoms with Crippen LogP contribution in [0, 0.1) is 6.92 Å². The van der Waals surface area contributed by atoms with Crippen LogP contribution in [0.2, 0.25) is 0 Å². The fourth-order valence-corrected chi connectivity index (χ4v) is 1.96. The molecule has 1 N–H and O–H groups in total. The second-order valence-corrected chi connectivity index (χ2v) is 4.56. The maximum Gasteiger partial charge on any atom is 0.115 e. The molecule has 19 heavy (non-hydrogen) atoms. The monoisotopic (exact) mass is 261 g/mol. The van der Waals surface area contributed by atoms with Crippen LogP contribution in [-0.2, 0) is 0 Å². The average Bonchev–Trinajstić information content (AvgIpc) is 2.37. The molecule has 0 aromatic heterocycles. The Kier molecular flexibility index (Phi) is 7.66. The molecule has 1 unspecified atom stereocenters. The van der Waals surface area contributed by atoms with Crippen LogP contribution in [0.5, 0.6) is 5.75 Å². The quantitative estimate of drug-likeness (QED) is 0.809. The van der Waals surface area contributed by atoms with E-state index in [0.29, 0.717) is 5.75 Å². The number of allylic oxidation sites excluding steroid dienone is 2. The molecular weight excluding hydrogens is 234 g/mol. The lowest BCUT2D eigenvalue weighted by molar-refractivity contribution is 0.474. The zero-order chi connectivity index (χ0) is 15.0. The highest BCUT2D eigenvalue weighted by Crippen LogP contribution is 2.29. The summed E-state index contributed by atoms with van der Waals surface area (Å²) in [6.07, 6.45) is 3.96. The number of hydrogen-bond donors (Lipinski definition) is 1. The Morgan fingerprint density at radius 2 is 1.89 bits per heavy atom. The van der Waals surface area contributed by atoms with Crippen molar-refractivity contribution in [2.24, 2.45) is 0 Å². The number of phenolic OH excluding ortho intramolecular Hbond substituents is 1. The summed E-state index contributed by atoms with van der Waals surface area (Å²) in [5.74, 6) is 0.589. The maximum atomic E-state index is 9.42. The summed E-state index contributed by atoms with van der Waals surface area (Å²) in [5.41, 5.74) is 3.49. The molecule has 2 heteroatoms. The summed E-state index contributed by atoms with van der Waals surface area (Å²) < 4.78 is 0. The first-order valence-corrected chi connectivity index (χ1v) is 6.75. The highest BCUT2D eigenvalue weighted by atomic mass is 16.3. The van der Waals surface area contributed by atoms with Crippen molar-refractivity contribution in [3.05, 3.63) is 53.8 Å². The van der Waals surface area contributed by atoms with Crippen molar-refractivity contribution in [1.29, 1.82) is 0 Å². The van der Waals surface area contributed by atoms with Gasteiger partial charge in [0.1, 0.15) is 5.75 Å². The number of benzene rings is 1. The number of hydrogen-bond acceptors (Lipinski definition) is 2. The molecule has 0 radical (unpaired) electrons. The first kappa shape index (κ1) is 17.3. The highest BCUT2D eigenvalue weighted by Gasteiger charge is 2.12. The number of phenols is 1. The minimum atomic E-state index is 0.274. The fraction of sp³-hybridized carbons (Fsp3) is 0.412. The predicted octanol–water partition coefficient (Wildman–Crippen LogP) is 4.46. The van der Waals surface area contributed by atoms with E-state index in [1.54, 1.807) is 12.1 Å². The van der Waals surface area contributed by atoms with Crippen molar-refractivity contribution in [2.45, 2.75) is 33.6 Å². The zero-order valence-corrected chi connectivity index (χ0v) is 13.1. The molecule has 0 spiro atoms. The van der Waals surface area contributed by atoms with E-state index in [1.165, 1.54) is 11.1 Å². The van der Waals surface area contributed by atoms with Crippen LogP contribution in [0.4, 0.5) is 0 Å². The van der Waals surface area contributed by atoms with E-state index in [0.717, 1.165) is 5.56 Å². The molecule has 0 aliphatic heterocycles. The molecule has 0 aliphatic carbocycles. The van der Waals surface area contributed by atoms with Crippen LogP contribution in [0.25, 0.3) is 0 Å². The first-order chi connectivity index (χ1) is 8.95. The highest BCUT2D eigenvalue weighted by molar-refractivity contribution is 5.41. The average molecular weight is 261 g/mol. The first-order valence-electron chi connectivity index (χ1n) is 6.75. The summed E-state index contributed by atoms with van der Waals surface area (Å²) >= 11 is 0. The molecule has 0 saturated heterocycles. The molecule has 1 atom stereocenters. The molecule has 106 valence electrons. The Bertz CT molecular complexity index is 433. The van der Waals surface area contributed by atoms with Gasteiger partial charge in [-0.25, -0.2) is 0 Å². The van der Waals surface area contributed by atoms with Crippen molar-refractivity contribution < 1.29 is 5.11 Å². The lowest BCUT2D eigenvalue weighted by atomic mass is 9.90. The molecule has 0 fully saturated rings. The van der Waals surface area contributed by atoms with Crippen LogP contribution in [0.3, 0.4) is 0 Å². The van der Waals surface area contributed by atoms with Gasteiger partial charge in [0, 0.05) is 26.2 Å². The molecule has 0 bridgehead atoms. The Hall–Kier alpha value is -1.70. The van der Waals surface area contributed by atoms with Crippen LogP contribution in [0.1, 0.15) is 37.8 Å². The minimum absolute atomic E-state index is 0.274. The van der Waals surface area contributed by atoms with Gasteiger partial charge in [-0.1, -0.05) is 39.5 Å². The molecular formula is C17H27NO. The van der Waals surface area contributed by atoms with E-state index in [-0.39, 0.29) is 5.92 Å². The van der Waals surface area contributed by atoms with Gasteiger partial charge in [0.15, 0.2) is 0 Å². The lowest BCUT2D eigenvalue weighted by Gasteiger charge is -2.18. The summed E-state index contributed by atoms with van der Waals surface area (Å²) in [5, 5.41) is 9.42. The van der Waals surface area contributed by atoms with Crippen LogP contribution in [-0.4, -0.2) is 24.1 Å². The number of rotatable bonds is 4. The summed E-state index contributed by atoms with van der Waals surface area (Å²) in [6.45, 7) is 12.0. The molecule has 0 heterocycles. The lowest BCUT2D eigenvalue weighted by Crippen LogP contribution is -2.06. The molecule has 1 rings (SSSR count). The van der Waals surface area contributed by atoms with Gasteiger partial charge in [-0.15, -0.1) is 0 Å². The van der Waals surface area contributed by atoms with Crippen molar-refractivity contribution in [3.8, 4) is 5.75 Å².